The van der Waals surface area contributed by atoms with Crippen molar-refractivity contribution in [2.45, 2.75) is 37.7 Å². The number of ether oxygens (including phenoxy) is 1. The van der Waals surface area contributed by atoms with Crippen LogP contribution in [0.5, 0.6) is 5.75 Å². The van der Waals surface area contributed by atoms with Gasteiger partial charge in [0, 0.05) is 16.9 Å². The Morgan fingerprint density at radius 3 is 2.52 bits per heavy atom. The molecule has 29 heavy (non-hydrogen) atoms. The van der Waals surface area contributed by atoms with Crippen LogP contribution < -0.4 is 4.74 Å². The lowest BCUT2D eigenvalue weighted by Gasteiger charge is -2.31. The summed E-state index contributed by atoms with van der Waals surface area (Å²) in [5.74, 6) is 0.0370. The van der Waals surface area contributed by atoms with Gasteiger partial charge in [-0.1, -0.05) is 60.1 Å². The summed E-state index contributed by atoms with van der Waals surface area (Å²) in [6.07, 6.45) is 2.50. The van der Waals surface area contributed by atoms with E-state index in [0.29, 0.717) is 13.0 Å². The number of carboxylic acid groups (broad SMARTS) is 1. The Labute approximate surface area is 175 Å². The predicted molar refractivity (Wildman–Crippen MR) is 115 cm³/mol. The Morgan fingerprint density at radius 1 is 1.03 bits per heavy atom. The first kappa shape index (κ1) is 19.5. The van der Waals surface area contributed by atoms with Crippen LogP contribution in [0.4, 0.5) is 0 Å². The van der Waals surface area contributed by atoms with Gasteiger partial charge in [0.2, 0.25) is 0 Å². The lowest BCUT2D eigenvalue weighted by molar-refractivity contribution is -0.137. The molecule has 148 valence electrons. The molecule has 1 aliphatic rings. The molecule has 0 saturated carbocycles. The van der Waals surface area contributed by atoms with E-state index in [1.807, 2.05) is 54.6 Å². The maximum Gasteiger partial charge on any atom is 0.303 e. The molecular formula is C25H23ClO3. The lowest BCUT2D eigenvalue weighted by atomic mass is 9.72. The fourth-order valence-electron chi connectivity index (χ4n) is 4.35. The Hall–Kier alpha value is -2.78. The zero-order chi connectivity index (χ0) is 20.3. The highest BCUT2D eigenvalue weighted by Gasteiger charge is 2.40. The molecule has 0 fully saturated rings. The van der Waals surface area contributed by atoms with Gasteiger partial charge in [-0.15, -0.1) is 0 Å². The monoisotopic (exact) mass is 406 g/mol. The number of carbonyl (C=O) groups is 1. The highest BCUT2D eigenvalue weighted by molar-refractivity contribution is 6.30. The minimum absolute atomic E-state index is 0.133. The van der Waals surface area contributed by atoms with Crippen LogP contribution in [-0.4, -0.2) is 11.1 Å². The van der Waals surface area contributed by atoms with E-state index in [9.17, 15) is 9.90 Å². The van der Waals surface area contributed by atoms with Gasteiger partial charge in [-0.2, -0.15) is 0 Å². The fourth-order valence-corrected chi connectivity index (χ4v) is 4.55. The van der Waals surface area contributed by atoms with E-state index < -0.39 is 5.97 Å². The van der Waals surface area contributed by atoms with Crippen LogP contribution in [0, 0.1) is 0 Å². The highest BCUT2D eigenvalue weighted by Crippen LogP contribution is 2.48. The largest absolute Gasteiger partial charge is 0.489 e. The summed E-state index contributed by atoms with van der Waals surface area (Å²) in [5, 5.41) is 10.0. The maximum atomic E-state index is 11.3. The van der Waals surface area contributed by atoms with Gasteiger partial charge in [0.15, 0.2) is 0 Å². The van der Waals surface area contributed by atoms with Crippen LogP contribution in [0.15, 0.2) is 72.8 Å². The van der Waals surface area contributed by atoms with Gasteiger partial charge in [0.05, 0.1) is 0 Å². The van der Waals surface area contributed by atoms with Gasteiger partial charge >= 0.3 is 5.97 Å². The third-order valence-corrected chi connectivity index (χ3v) is 6.06. The zero-order valence-corrected chi connectivity index (χ0v) is 16.9. The third-order valence-electron chi connectivity index (χ3n) is 5.82. The summed E-state index contributed by atoms with van der Waals surface area (Å²) in [5.41, 5.74) is 4.37. The summed E-state index contributed by atoms with van der Waals surface area (Å²) < 4.78 is 5.91. The summed E-state index contributed by atoms with van der Waals surface area (Å²) in [4.78, 5) is 11.3. The molecule has 1 atom stereocenters. The first-order valence-corrected chi connectivity index (χ1v) is 10.2. The van der Waals surface area contributed by atoms with Crippen LogP contribution in [0.1, 0.15) is 41.5 Å². The summed E-state index contributed by atoms with van der Waals surface area (Å²) in [7, 11) is 0. The Morgan fingerprint density at radius 2 is 1.79 bits per heavy atom. The maximum absolute atomic E-state index is 11.3. The Bertz CT molecular complexity index is 998. The summed E-state index contributed by atoms with van der Waals surface area (Å²) in [6, 6.07) is 24.1. The second kappa shape index (κ2) is 8.30. The average molecular weight is 407 g/mol. The number of benzene rings is 3. The van der Waals surface area contributed by atoms with E-state index in [1.165, 1.54) is 11.1 Å². The predicted octanol–water partition coefficient (Wildman–Crippen LogP) is 6.02. The van der Waals surface area contributed by atoms with Gasteiger partial charge in [0.25, 0.3) is 0 Å². The van der Waals surface area contributed by atoms with E-state index in [2.05, 4.69) is 18.2 Å². The first-order chi connectivity index (χ1) is 14.1. The molecule has 3 aromatic rings. The Balaban J connectivity index is 1.60. The Kier molecular flexibility index (Phi) is 5.59. The van der Waals surface area contributed by atoms with E-state index in [-0.39, 0.29) is 11.8 Å². The summed E-state index contributed by atoms with van der Waals surface area (Å²) in [6.45, 7) is 0.520. The van der Waals surface area contributed by atoms with Crippen LogP contribution in [0.2, 0.25) is 5.02 Å². The van der Waals surface area contributed by atoms with E-state index in [0.717, 1.165) is 34.7 Å². The number of rotatable bonds is 7. The molecule has 0 radical (unpaired) electrons. The van der Waals surface area contributed by atoms with Gasteiger partial charge in [-0.3, -0.25) is 4.79 Å². The average Bonchev–Trinajstić information content (AvgIpc) is 3.10. The van der Waals surface area contributed by atoms with Gasteiger partial charge in [-0.05, 0) is 65.8 Å². The van der Waals surface area contributed by atoms with Crippen molar-refractivity contribution in [3.63, 3.8) is 0 Å². The minimum atomic E-state index is -0.769. The topological polar surface area (TPSA) is 46.5 Å². The molecule has 4 rings (SSSR count). The van der Waals surface area contributed by atoms with Crippen molar-refractivity contribution in [1.29, 1.82) is 0 Å². The molecule has 0 aliphatic heterocycles. The number of fused-ring (bicyclic) bond motifs is 1. The normalized spacial score (nSPS) is 17.7. The number of carboxylic acids is 1. The smallest absolute Gasteiger partial charge is 0.303 e. The van der Waals surface area contributed by atoms with Crippen molar-refractivity contribution >= 4 is 17.6 Å². The molecule has 0 saturated heterocycles. The van der Waals surface area contributed by atoms with Crippen molar-refractivity contribution in [3.8, 4) is 5.75 Å². The van der Waals surface area contributed by atoms with Crippen LogP contribution in [0.25, 0.3) is 0 Å². The molecule has 0 bridgehead atoms. The standard InChI is InChI=1S/C25H23ClO3/c26-21-8-11-23-19(16-21)12-14-25(23,15-13-24(27)28)20-6-9-22(10-7-20)29-17-18-4-2-1-3-5-18/h1-11,16H,12-15,17H2,(H,27,28). The second-order valence-electron chi connectivity index (χ2n) is 7.58. The SMILES string of the molecule is O=C(O)CCC1(c2ccc(OCc3ccccc3)cc2)CCc2cc(Cl)ccc21. The second-order valence-corrected chi connectivity index (χ2v) is 8.01. The number of hydrogen-bond acceptors (Lipinski definition) is 2. The molecule has 0 heterocycles. The first-order valence-electron chi connectivity index (χ1n) is 9.85. The molecular weight excluding hydrogens is 384 g/mol. The van der Waals surface area contributed by atoms with Crippen LogP contribution in [0.3, 0.4) is 0 Å². The van der Waals surface area contributed by atoms with E-state index in [4.69, 9.17) is 16.3 Å². The number of aliphatic carboxylic acids is 1. The summed E-state index contributed by atoms with van der Waals surface area (Å²) >= 11 is 6.19. The van der Waals surface area contributed by atoms with Crippen LogP contribution >= 0.6 is 11.6 Å². The quantitative estimate of drug-likeness (QED) is 0.522. The number of hydrogen-bond donors (Lipinski definition) is 1. The fraction of sp³-hybridized carbons (Fsp3) is 0.240. The zero-order valence-electron chi connectivity index (χ0n) is 16.1. The molecule has 1 aliphatic carbocycles. The molecule has 1 N–H and O–H groups in total. The molecule has 3 aromatic carbocycles. The van der Waals surface area contributed by atoms with E-state index >= 15 is 0 Å². The third kappa shape index (κ3) is 4.15. The van der Waals surface area contributed by atoms with Crippen molar-refractivity contribution in [3.05, 3.63) is 100 Å². The molecule has 0 spiro atoms. The van der Waals surface area contributed by atoms with Crippen molar-refractivity contribution in [1.82, 2.24) is 0 Å². The van der Waals surface area contributed by atoms with Gasteiger partial charge in [-0.25, -0.2) is 0 Å². The van der Waals surface area contributed by atoms with Crippen LogP contribution in [-0.2, 0) is 23.2 Å². The molecule has 1 unspecified atom stereocenters. The molecule has 3 nitrogen and oxygen atoms in total. The van der Waals surface area contributed by atoms with Crippen molar-refractivity contribution < 1.29 is 14.6 Å². The highest BCUT2D eigenvalue weighted by atomic mass is 35.5. The lowest BCUT2D eigenvalue weighted by Crippen LogP contribution is -2.26. The van der Waals surface area contributed by atoms with Gasteiger partial charge in [0.1, 0.15) is 12.4 Å². The molecule has 0 amide bonds. The molecule has 4 heteroatoms. The van der Waals surface area contributed by atoms with E-state index in [1.54, 1.807) is 0 Å². The minimum Gasteiger partial charge on any atom is -0.489 e. The number of aryl methyl sites for hydroxylation is 1. The van der Waals surface area contributed by atoms with Crippen molar-refractivity contribution in [2.75, 3.05) is 0 Å². The number of halogens is 1. The van der Waals surface area contributed by atoms with Crippen molar-refractivity contribution in [2.24, 2.45) is 0 Å². The molecule has 0 aromatic heterocycles. The van der Waals surface area contributed by atoms with Gasteiger partial charge < -0.3 is 9.84 Å².